The number of methoxy groups -OCH3 is 1. The average molecular weight is 546 g/mol. The average Bonchev–Trinajstić information content (AvgIpc) is 2.72. The molecule has 0 fully saturated rings. The highest BCUT2D eigenvalue weighted by Gasteiger charge is 2.41. The van der Waals surface area contributed by atoms with E-state index in [1.165, 1.54) is 0 Å². The third kappa shape index (κ3) is 6.42. The summed E-state index contributed by atoms with van der Waals surface area (Å²) >= 11 is 3.53. The fourth-order valence-corrected chi connectivity index (χ4v) is 10.6. The molecule has 0 radical (unpaired) electrons. The second-order valence-corrected chi connectivity index (χ2v) is 16.1. The molecule has 0 bridgehead atoms. The monoisotopic (exact) mass is 544 g/mol. The molecule has 2 rings (SSSR count). The molecular weight excluding hydrogens is 508 g/mol. The van der Waals surface area contributed by atoms with Crippen LogP contribution in [-0.4, -0.2) is 26.3 Å². The molecule has 1 aromatic carbocycles. The van der Waals surface area contributed by atoms with Crippen LogP contribution < -0.4 is 14.8 Å². The van der Waals surface area contributed by atoms with E-state index in [0.29, 0.717) is 22.4 Å². The normalized spacial score (nSPS) is 11.4. The highest BCUT2D eigenvalue weighted by molar-refractivity contribution is 9.10. The number of aryl methyl sites for hydroxylation is 1. The van der Waals surface area contributed by atoms with Gasteiger partial charge in [0.15, 0.2) is 0 Å². The minimum atomic E-state index is -1.86. The van der Waals surface area contributed by atoms with E-state index in [4.69, 9.17) is 9.47 Å². The molecule has 1 N–H and O–H groups in total. The van der Waals surface area contributed by atoms with Crippen LogP contribution in [0.5, 0.6) is 11.5 Å². The fraction of sp³-hybridized carbons (Fsp3) is 0.481. The predicted molar refractivity (Wildman–Crippen MR) is 145 cm³/mol. The summed E-state index contributed by atoms with van der Waals surface area (Å²) in [6, 6.07) is 5.54. The molecule has 0 atom stereocenters. The first-order chi connectivity index (χ1) is 15.9. The van der Waals surface area contributed by atoms with E-state index in [1.54, 1.807) is 19.4 Å². The molecule has 2 aromatic rings. The summed E-state index contributed by atoms with van der Waals surface area (Å²) < 4.78 is 11.8. The lowest BCUT2D eigenvalue weighted by molar-refractivity contribution is 0.200. The van der Waals surface area contributed by atoms with Crippen molar-refractivity contribution in [2.45, 2.75) is 78.6 Å². The third-order valence-corrected chi connectivity index (χ3v) is 13.3. The van der Waals surface area contributed by atoms with Gasteiger partial charge in [0.2, 0.25) is 0 Å². The number of nitrogens with one attached hydrogen (secondary N) is 1. The van der Waals surface area contributed by atoms with Crippen molar-refractivity contribution >= 4 is 30.1 Å². The van der Waals surface area contributed by atoms with Gasteiger partial charge in [0.05, 0.1) is 19.3 Å². The summed E-state index contributed by atoms with van der Waals surface area (Å²) in [6.45, 7) is 17.9. The molecule has 0 unspecified atom stereocenters. The fourth-order valence-electron chi connectivity index (χ4n) is 4.86. The van der Waals surface area contributed by atoms with Gasteiger partial charge in [-0.3, -0.25) is 4.98 Å². The standard InChI is InChI=1S/C27H37BrN2O3Si/c1-17(2)34(18(3)4,19(5)6)11-10-22-12-23(28)14-24(13-22)33-27(31)30-16-25-21(8)26(32-9)20(7)15-29-25/h12-15,17-19H,16H2,1-9H3,(H,30,31). The van der Waals surface area contributed by atoms with Crippen LogP contribution in [0.1, 0.15) is 63.9 Å². The van der Waals surface area contributed by atoms with Crippen LogP contribution in [0.2, 0.25) is 16.6 Å². The number of amides is 1. The highest BCUT2D eigenvalue weighted by atomic mass is 79.9. The summed E-state index contributed by atoms with van der Waals surface area (Å²) in [5, 5.41) is 2.78. The molecule has 34 heavy (non-hydrogen) atoms. The van der Waals surface area contributed by atoms with Gasteiger partial charge in [-0.1, -0.05) is 63.4 Å². The van der Waals surface area contributed by atoms with E-state index < -0.39 is 14.2 Å². The maximum absolute atomic E-state index is 12.5. The van der Waals surface area contributed by atoms with Gasteiger partial charge < -0.3 is 14.8 Å². The molecule has 1 heterocycles. The molecule has 0 saturated carbocycles. The lowest BCUT2D eigenvalue weighted by atomic mass is 10.1. The number of hydrogen-bond acceptors (Lipinski definition) is 4. The van der Waals surface area contributed by atoms with Gasteiger partial charge in [-0.05, 0) is 48.7 Å². The number of ether oxygens (including phenoxy) is 2. The number of pyridine rings is 1. The Hall–Kier alpha value is -2.30. The first-order valence-electron chi connectivity index (χ1n) is 11.7. The number of aromatic nitrogens is 1. The number of halogens is 1. The molecule has 7 heteroatoms. The van der Waals surface area contributed by atoms with Crippen LogP contribution in [0.15, 0.2) is 28.9 Å². The quantitative estimate of drug-likeness (QED) is 0.292. The predicted octanol–water partition coefficient (Wildman–Crippen LogP) is 7.33. The van der Waals surface area contributed by atoms with E-state index in [-0.39, 0.29) is 6.54 Å². The summed E-state index contributed by atoms with van der Waals surface area (Å²) in [5.74, 6) is 4.63. The van der Waals surface area contributed by atoms with Crippen molar-refractivity contribution in [1.29, 1.82) is 0 Å². The molecule has 5 nitrogen and oxygen atoms in total. The molecule has 0 saturated heterocycles. The zero-order valence-electron chi connectivity index (χ0n) is 21.8. The van der Waals surface area contributed by atoms with Crippen LogP contribution in [0.25, 0.3) is 0 Å². The Morgan fingerprint density at radius 1 is 1.09 bits per heavy atom. The Bertz CT molecular complexity index is 1070. The largest absolute Gasteiger partial charge is 0.496 e. The van der Waals surface area contributed by atoms with Crippen molar-refractivity contribution in [2.24, 2.45) is 0 Å². The third-order valence-electron chi connectivity index (χ3n) is 6.52. The maximum Gasteiger partial charge on any atom is 0.412 e. The van der Waals surface area contributed by atoms with E-state index in [9.17, 15) is 4.79 Å². The van der Waals surface area contributed by atoms with E-state index in [2.05, 4.69) is 79.2 Å². The number of rotatable bonds is 7. The Labute approximate surface area is 214 Å². The van der Waals surface area contributed by atoms with Gasteiger partial charge in [0.25, 0.3) is 0 Å². The van der Waals surface area contributed by atoms with Crippen molar-refractivity contribution in [1.82, 2.24) is 10.3 Å². The highest BCUT2D eigenvalue weighted by Crippen LogP contribution is 2.40. The molecule has 0 spiro atoms. The SMILES string of the molecule is COc1c(C)cnc(CNC(=O)Oc2cc(Br)cc(C#C[Si](C(C)C)(C(C)C)C(C)C)c2)c1C. The second kappa shape index (κ2) is 11.9. The summed E-state index contributed by atoms with van der Waals surface area (Å²) in [7, 11) is -0.229. The smallest absolute Gasteiger partial charge is 0.412 e. The minimum Gasteiger partial charge on any atom is -0.496 e. The van der Waals surface area contributed by atoms with Crippen LogP contribution in [0.4, 0.5) is 4.79 Å². The summed E-state index contributed by atoms with van der Waals surface area (Å²) in [4.78, 5) is 16.9. The number of nitrogens with zero attached hydrogens (tertiary/aromatic N) is 1. The van der Waals surface area contributed by atoms with Crippen molar-refractivity contribution in [2.75, 3.05) is 7.11 Å². The van der Waals surface area contributed by atoms with Crippen LogP contribution in [-0.2, 0) is 6.54 Å². The molecule has 0 aliphatic heterocycles. The van der Waals surface area contributed by atoms with Crippen LogP contribution >= 0.6 is 15.9 Å². The lowest BCUT2D eigenvalue weighted by Gasteiger charge is -2.38. The topological polar surface area (TPSA) is 60.5 Å². The number of carbonyl (C=O) groups excluding carboxylic acids is 1. The number of hydrogen-bond donors (Lipinski definition) is 1. The van der Waals surface area contributed by atoms with Gasteiger partial charge >= 0.3 is 6.09 Å². The molecule has 0 aliphatic carbocycles. The maximum atomic E-state index is 12.5. The van der Waals surface area contributed by atoms with Gasteiger partial charge in [0, 0.05) is 27.4 Å². The second-order valence-electron chi connectivity index (χ2n) is 9.61. The Morgan fingerprint density at radius 2 is 1.71 bits per heavy atom. The lowest BCUT2D eigenvalue weighted by Crippen LogP contribution is -2.43. The Morgan fingerprint density at radius 3 is 2.26 bits per heavy atom. The van der Waals surface area contributed by atoms with Crippen molar-refractivity contribution < 1.29 is 14.3 Å². The first-order valence-corrected chi connectivity index (χ1v) is 14.7. The van der Waals surface area contributed by atoms with E-state index >= 15 is 0 Å². The molecule has 0 aliphatic rings. The zero-order valence-corrected chi connectivity index (χ0v) is 24.4. The Kier molecular flexibility index (Phi) is 9.78. The summed E-state index contributed by atoms with van der Waals surface area (Å²) in [5.41, 5.74) is 8.77. The number of carbonyl (C=O) groups is 1. The molecule has 1 amide bonds. The van der Waals surface area contributed by atoms with E-state index in [0.717, 1.165) is 32.6 Å². The Balaban J connectivity index is 2.20. The van der Waals surface area contributed by atoms with Gasteiger partial charge in [-0.25, -0.2) is 4.79 Å². The molecule has 184 valence electrons. The van der Waals surface area contributed by atoms with Crippen LogP contribution in [0.3, 0.4) is 0 Å². The zero-order chi connectivity index (χ0) is 25.6. The van der Waals surface area contributed by atoms with Gasteiger partial charge in [-0.15, -0.1) is 5.54 Å². The van der Waals surface area contributed by atoms with Crippen molar-refractivity contribution in [3.05, 3.63) is 51.3 Å². The number of benzene rings is 1. The van der Waals surface area contributed by atoms with Gasteiger partial charge in [-0.2, -0.15) is 0 Å². The van der Waals surface area contributed by atoms with Crippen molar-refractivity contribution in [3.63, 3.8) is 0 Å². The van der Waals surface area contributed by atoms with Gasteiger partial charge in [0.1, 0.15) is 19.6 Å². The first kappa shape index (κ1) is 27.9. The van der Waals surface area contributed by atoms with E-state index in [1.807, 2.05) is 26.0 Å². The molecular formula is C27H37BrN2O3Si. The minimum absolute atomic E-state index is 0.243. The molecule has 1 aromatic heterocycles. The summed E-state index contributed by atoms with van der Waals surface area (Å²) in [6.07, 6.45) is 1.19. The van der Waals surface area contributed by atoms with Crippen molar-refractivity contribution in [3.8, 4) is 23.0 Å². The van der Waals surface area contributed by atoms with Crippen LogP contribution in [0, 0.1) is 25.3 Å².